The van der Waals surface area contributed by atoms with Gasteiger partial charge in [-0.1, -0.05) is 63.2 Å². The molecule has 1 aromatic heterocycles. The number of aromatic nitrogens is 1. The monoisotopic (exact) mass is 330 g/mol. The lowest BCUT2D eigenvalue weighted by atomic mass is 9.84. The van der Waals surface area contributed by atoms with Crippen LogP contribution in [0.15, 0.2) is 60.8 Å². The summed E-state index contributed by atoms with van der Waals surface area (Å²) in [5.74, 6) is 0. The SMILES string of the molecule is Cc1c[n+](C)c(-c2cc(C(C)(C)C)ccc2C)cc1-c1ccccc1. The first-order valence-corrected chi connectivity index (χ1v) is 8.94. The van der Waals surface area contributed by atoms with E-state index in [1.807, 2.05) is 0 Å². The van der Waals surface area contributed by atoms with Crippen LogP contribution in [0.4, 0.5) is 0 Å². The first kappa shape index (κ1) is 17.4. The fourth-order valence-electron chi connectivity index (χ4n) is 3.34. The average molecular weight is 330 g/mol. The zero-order valence-corrected chi connectivity index (χ0v) is 16.2. The molecule has 25 heavy (non-hydrogen) atoms. The minimum atomic E-state index is 0.147. The number of benzene rings is 2. The summed E-state index contributed by atoms with van der Waals surface area (Å²) in [6, 6.07) is 19.8. The normalized spacial score (nSPS) is 11.6. The number of hydrogen-bond acceptors (Lipinski definition) is 0. The van der Waals surface area contributed by atoms with Crippen molar-refractivity contribution in [1.29, 1.82) is 0 Å². The van der Waals surface area contributed by atoms with Crippen LogP contribution in [-0.4, -0.2) is 0 Å². The van der Waals surface area contributed by atoms with Crippen LogP contribution in [0.5, 0.6) is 0 Å². The number of pyridine rings is 1. The summed E-state index contributed by atoms with van der Waals surface area (Å²) >= 11 is 0. The smallest absolute Gasteiger partial charge is 0.201 e. The van der Waals surface area contributed by atoms with Crippen LogP contribution in [0.3, 0.4) is 0 Å². The highest BCUT2D eigenvalue weighted by molar-refractivity contribution is 5.72. The molecule has 3 aromatic rings. The highest BCUT2D eigenvalue weighted by Crippen LogP contribution is 2.31. The van der Waals surface area contributed by atoms with Gasteiger partial charge in [0.25, 0.3) is 0 Å². The Bertz CT molecular complexity index is 899. The summed E-state index contributed by atoms with van der Waals surface area (Å²) in [5, 5.41) is 0. The third-order valence-electron chi connectivity index (χ3n) is 4.94. The van der Waals surface area contributed by atoms with Gasteiger partial charge in [-0.25, -0.2) is 4.57 Å². The molecule has 0 radical (unpaired) electrons. The summed E-state index contributed by atoms with van der Waals surface area (Å²) in [7, 11) is 2.14. The Morgan fingerprint density at radius 2 is 1.44 bits per heavy atom. The predicted octanol–water partition coefficient (Wildman–Crippen LogP) is 5.76. The minimum Gasteiger partial charge on any atom is -0.201 e. The summed E-state index contributed by atoms with van der Waals surface area (Å²) in [5.41, 5.74) is 9.26. The van der Waals surface area contributed by atoms with Gasteiger partial charge in [0.1, 0.15) is 7.05 Å². The van der Waals surface area contributed by atoms with Crippen LogP contribution >= 0.6 is 0 Å². The van der Waals surface area contributed by atoms with Gasteiger partial charge < -0.3 is 0 Å². The Balaban J connectivity index is 2.22. The zero-order chi connectivity index (χ0) is 18.2. The molecule has 0 spiro atoms. The lowest BCUT2D eigenvalue weighted by Gasteiger charge is -2.20. The molecule has 128 valence electrons. The Morgan fingerprint density at radius 1 is 0.760 bits per heavy atom. The van der Waals surface area contributed by atoms with E-state index in [1.165, 1.54) is 39.1 Å². The summed E-state index contributed by atoms with van der Waals surface area (Å²) < 4.78 is 2.25. The Morgan fingerprint density at radius 3 is 2.08 bits per heavy atom. The maximum absolute atomic E-state index is 2.36. The molecule has 0 saturated carbocycles. The average Bonchev–Trinajstić information content (AvgIpc) is 2.55. The molecule has 0 fully saturated rings. The highest BCUT2D eigenvalue weighted by Gasteiger charge is 2.20. The molecule has 0 N–H and O–H groups in total. The van der Waals surface area contributed by atoms with E-state index in [4.69, 9.17) is 0 Å². The molecule has 3 rings (SSSR count). The van der Waals surface area contributed by atoms with Crippen LogP contribution in [0.2, 0.25) is 0 Å². The standard InChI is InChI=1S/C24H28N/c1-17-12-13-20(24(3,4)5)14-22(17)23-15-21(18(2)16-25(23)6)19-10-8-7-9-11-19/h7-16H,1-6H3/q+1. The molecule has 0 aliphatic heterocycles. The van der Waals surface area contributed by atoms with E-state index in [2.05, 4.69) is 107 Å². The molecule has 0 aliphatic rings. The van der Waals surface area contributed by atoms with Gasteiger partial charge in [-0.15, -0.1) is 0 Å². The van der Waals surface area contributed by atoms with Gasteiger partial charge in [0.05, 0.1) is 0 Å². The van der Waals surface area contributed by atoms with Crippen molar-refractivity contribution in [2.45, 2.75) is 40.0 Å². The van der Waals surface area contributed by atoms with E-state index >= 15 is 0 Å². The first-order valence-electron chi connectivity index (χ1n) is 8.94. The molecule has 0 amide bonds. The fourth-order valence-corrected chi connectivity index (χ4v) is 3.34. The molecular formula is C24H28N+. The fraction of sp³-hybridized carbons (Fsp3) is 0.292. The molecule has 0 saturated heterocycles. The van der Waals surface area contributed by atoms with Gasteiger partial charge in [-0.3, -0.25) is 0 Å². The van der Waals surface area contributed by atoms with Crippen LogP contribution in [-0.2, 0) is 12.5 Å². The van der Waals surface area contributed by atoms with E-state index in [9.17, 15) is 0 Å². The van der Waals surface area contributed by atoms with Crippen molar-refractivity contribution in [2.24, 2.45) is 7.05 Å². The Kier molecular flexibility index (Phi) is 4.51. The Labute approximate surface area is 152 Å². The van der Waals surface area contributed by atoms with Crippen molar-refractivity contribution >= 4 is 0 Å². The number of rotatable bonds is 2. The quantitative estimate of drug-likeness (QED) is 0.526. The molecule has 1 nitrogen and oxygen atoms in total. The van der Waals surface area contributed by atoms with E-state index in [0.29, 0.717) is 0 Å². The molecular weight excluding hydrogens is 302 g/mol. The number of nitrogens with zero attached hydrogens (tertiary/aromatic N) is 1. The van der Waals surface area contributed by atoms with Crippen molar-refractivity contribution in [1.82, 2.24) is 0 Å². The van der Waals surface area contributed by atoms with Crippen LogP contribution in [0, 0.1) is 13.8 Å². The van der Waals surface area contributed by atoms with Crippen LogP contribution in [0.25, 0.3) is 22.4 Å². The van der Waals surface area contributed by atoms with Gasteiger partial charge in [0.15, 0.2) is 6.20 Å². The van der Waals surface area contributed by atoms with E-state index in [1.54, 1.807) is 0 Å². The maximum atomic E-state index is 2.36. The minimum absolute atomic E-state index is 0.147. The predicted molar refractivity (Wildman–Crippen MR) is 107 cm³/mol. The second-order valence-corrected chi connectivity index (χ2v) is 8.01. The van der Waals surface area contributed by atoms with Crippen molar-refractivity contribution in [2.75, 3.05) is 0 Å². The van der Waals surface area contributed by atoms with E-state index in [-0.39, 0.29) is 5.41 Å². The highest BCUT2D eigenvalue weighted by atomic mass is 14.9. The van der Waals surface area contributed by atoms with Crippen LogP contribution in [0.1, 0.15) is 37.5 Å². The third-order valence-corrected chi connectivity index (χ3v) is 4.94. The second kappa shape index (κ2) is 6.48. The van der Waals surface area contributed by atoms with E-state index in [0.717, 1.165) is 0 Å². The number of hydrogen-bond donors (Lipinski definition) is 0. The van der Waals surface area contributed by atoms with Gasteiger partial charge >= 0.3 is 0 Å². The van der Waals surface area contributed by atoms with Crippen molar-refractivity contribution < 1.29 is 4.57 Å². The topological polar surface area (TPSA) is 3.88 Å². The van der Waals surface area contributed by atoms with Gasteiger partial charge in [-0.2, -0.15) is 0 Å². The second-order valence-electron chi connectivity index (χ2n) is 8.01. The van der Waals surface area contributed by atoms with E-state index < -0.39 is 0 Å². The van der Waals surface area contributed by atoms with Gasteiger partial charge in [-0.05, 0) is 47.6 Å². The van der Waals surface area contributed by atoms with Crippen molar-refractivity contribution in [3.63, 3.8) is 0 Å². The molecule has 0 unspecified atom stereocenters. The molecule has 0 atom stereocenters. The lowest BCUT2D eigenvalue weighted by Crippen LogP contribution is -2.31. The van der Waals surface area contributed by atoms with Gasteiger partial charge in [0.2, 0.25) is 5.69 Å². The maximum Gasteiger partial charge on any atom is 0.213 e. The molecule has 0 bridgehead atoms. The Hall–Kier alpha value is -2.41. The van der Waals surface area contributed by atoms with Crippen LogP contribution < -0.4 is 4.57 Å². The molecule has 2 aromatic carbocycles. The largest absolute Gasteiger partial charge is 0.213 e. The lowest BCUT2D eigenvalue weighted by molar-refractivity contribution is -0.660. The third kappa shape index (κ3) is 3.51. The zero-order valence-electron chi connectivity index (χ0n) is 16.2. The molecule has 1 heteroatoms. The number of aryl methyl sites for hydroxylation is 3. The first-order chi connectivity index (χ1) is 11.8. The molecule has 1 heterocycles. The van der Waals surface area contributed by atoms with Crippen molar-refractivity contribution in [3.8, 4) is 22.4 Å². The summed E-state index contributed by atoms with van der Waals surface area (Å²) in [4.78, 5) is 0. The van der Waals surface area contributed by atoms with Gasteiger partial charge in [0, 0.05) is 17.2 Å². The summed E-state index contributed by atoms with van der Waals surface area (Å²) in [6.45, 7) is 11.2. The molecule has 0 aliphatic carbocycles. The summed E-state index contributed by atoms with van der Waals surface area (Å²) in [6.07, 6.45) is 2.24. The van der Waals surface area contributed by atoms with Crippen molar-refractivity contribution in [3.05, 3.63) is 77.5 Å².